The molecule has 4 heterocycles. The summed E-state index contributed by atoms with van der Waals surface area (Å²) in [6.07, 6.45) is 0. The first kappa shape index (κ1) is 23.3. The summed E-state index contributed by atoms with van der Waals surface area (Å²) in [7, 11) is 1.52. The fourth-order valence-corrected chi connectivity index (χ4v) is 6.29. The largest absolute Gasteiger partial charge is 0.503 e. The molecule has 1 atom stereocenters. The maximum Gasteiger partial charge on any atom is 0.296 e. The summed E-state index contributed by atoms with van der Waals surface area (Å²) in [4.78, 5) is 34.0. The number of aromatic nitrogens is 1. The molecule has 0 saturated carbocycles. The van der Waals surface area contributed by atoms with Gasteiger partial charge in [0.2, 0.25) is 5.78 Å². The Morgan fingerprint density at radius 1 is 1.19 bits per heavy atom. The van der Waals surface area contributed by atoms with Crippen LogP contribution >= 0.6 is 22.7 Å². The number of furan rings is 1. The van der Waals surface area contributed by atoms with Crippen LogP contribution in [0, 0.1) is 0 Å². The van der Waals surface area contributed by atoms with E-state index in [1.54, 1.807) is 24.3 Å². The van der Waals surface area contributed by atoms with E-state index in [4.69, 9.17) is 13.9 Å². The van der Waals surface area contributed by atoms with Gasteiger partial charge in [-0.15, -0.1) is 11.3 Å². The van der Waals surface area contributed by atoms with Crippen molar-refractivity contribution in [1.82, 2.24) is 4.98 Å². The number of ketones is 1. The molecule has 5 aromatic rings. The third-order valence-electron chi connectivity index (χ3n) is 6.08. The number of hydrogen-bond donors (Lipinski definition) is 1. The number of nitrogens with zero attached hydrogens (tertiary/aromatic N) is 2. The molecular formula is C27H20N2O6S2. The summed E-state index contributed by atoms with van der Waals surface area (Å²) < 4.78 is 17.6. The number of methoxy groups -OCH3 is 1. The molecule has 1 amide bonds. The molecule has 0 aliphatic carbocycles. The number of anilines is 1. The molecule has 1 aliphatic heterocycles. The number of fused-ring (bicyclic) bond motifs is 2. The van der Waals surface area contributed by atoms with Crippen LogP contribution in [-0.4, -0.2) is 35.5 Å². The predicted octanol–water partition coefficient (Wildman–Crippen LogP) is 6.29. The van der Waals surface area contributed by atoms with Gasteiger partial charge in [0.05, 0.1) is 29.5 Å². The number of thiazole rings is 1. The van der Waals surface area contributed by atoms with Crippen molar-refractivity contribution in [3.8, 4) is 11.5 Å². The van der Waals surface area contributed by atoms with Gasteiger partial charge in [0.1, 0.15) is 11.8 Å². The average molecular weight is 533 g/mol. The second-order valence-electron chi connectivity index (χ2n) is 8.23. The molecule has 0 radical (unpaired) electrons. The lowest BCUT2D eigenvalue weighted by molar-refractivity contribution is -0.117. The number of rotatable bonds is 7. The van der Waals surface area contributed by atoms with Crippen LogP contribution in [0.15, 0.2) is 75.7 Å². The quantitative estimate of drug-likeness (QED) is 0.246. The minimum atomic E-state index is -0.859. The van der Waals surface area contributed by atoms with Crippen LogP contribution in [0.2, 0.25) is 0 Å². The average Bonchev–Trinajstić information content (AvgIpc) is 3.69. The van der Waals surface area contributed by atoms with E-state index in [1.807, 2.05) is 42.6 Å². The normalized spacial score (nSPS) is 15.8. The van der Waals surface area contributed by atoms with Crippen molar-refractivity contribution < 1.29 is 28.6 Å². The van der Waals surface area contributed by atoms with Crippen molar-refractivity contribution in [2.45, 2.75) is 13.0 Å². The Bertz CT molecular complexity index is 1700. The second-order valence-corrected chi connectivity index (χ2v) is 10.2. The first-order valence-electron chi connectivity index (χ1n) is 11.4. The third kappa shape index (κ3) is 3.76. The SMILES string of the molecule is CCOc1ccc2nc(N3C(=O)C(O)=C(C(=O)c4cc5cccc(OC)c5o4)C3c3cccs3)sc2c1. The zero-order chi connectivity index (χ0) is 25.7. The number of carbonyl (C=O) groups is 2. The Morgan fingerprint density at radius 3 is 2.81 bits per heavy atom. The highest BCUT2D eigenvalue weighted by atomic mass is 32.1. The summed E-state index contributed by atoms with van der Waals surface area (Å²) in [6, 6.07) is 15.2. The number of amides is 1. The Balaban J connectivity index is 1.46. The highest BCUT2D eigenvalue weighted by molar-refractivity contribution is 7.22. The molecule has 1 aliphatic rings. The molecule has 6 rings (SSSR count). The summed E-state index contributed by atoms with van der Waals surface area (Å²) in [5.41, 5.74) is 1.04. The Morgan fingerprint density at radius 2 is 2.05 bits per heavy atom. The number of hydrogen-bond acceptors (Lipinski definition) is 9. The maximum atomic E-state index is 13.8. The van der Waals surface area contributed by atoms with Gasteiger partial charge < -0.3 is 19.0 Å². The van der Waals surface area contributed by atoms with Crippen LogP contribution in [-0.2, 0) is 4.79 Å². The van der Waals surface area contributed by atoms with E-state index in [9.17, 15) is 14.7 Å². The molecule has 3 aromatic heterocycles. The van der Waals surface area contributed by atoms with E-state index in [0.29, 0.717) is 44.6 Å². The zero-order valence-electron chi connectivity index (χ0n) is 19.8. The van der Waals surface area contributed by atoms with Gasteiger partial charge in [-0.2, -0.15) is 0 Å². The summed E-state index contributed by atoms with van der Waals surface area (Å²) in [5.74, 6) is -0.711. The molecule has 1 unspecified atom stereocenters. The number of aliphatic hydroxyl groups excluding tert-OH is 1. The summed E-state index contributed by atoms with van der Waals surface area (Å²) >= 11 is 2.67. The lowest BCUT2D eigenvalue weighted by Crippen LogP contribution is -2.30. The molecule has 0 fully saturated rings. The number of Topliss-reactive ketones (excluding diaryl/α,β-unsaturated/α-hetero) is 1. The minimum Gasteiger partial charge on any atom is -0.503 e. The van der Waals surface area contributed by atoms with E-state index in [0.717, 1.165) is 4.70 Å². The van der Waals surface area contributed by atoms with E-state index in [-0.39, 0.29) is 11.3 Å². The van der Waals surface area contributed by atoms with Crippen molar-refractivity contribution in [2.75, 3.05) is 18.6 Å². The number of ether oxygens (including phenoxy) is 2. The van der Waals surface area contributed by atoms with E-state index in [2.05, 4.69) is 4.98 Å². The summed E-state index contributed by atoms with van der Waals surface area (Å²) in [5, 5.41) is 13.9. The standard InChI is InChI=1S/C27H20N2O6S2/c1-3-34-15-9-10-16-20(13-15)37-27(28-16)29-22(19-8-5-11-36-19)21(24(31)26(29)32)23(30)18-12-14-6-4-7-17(33-2)25(14)35-18/h4-13,22,31H,3H2,1-2H3. The predicted molar refractivity (Wildman–Crippen MR) is 142 cm³/mol. The topological polar surface area (TPSA) is 102 Å². The molecular weight excluding hydrogens is 512 g/mol. The molecule has 10 heteroatoms. The lowest BCUT2D eigenvalue weighted by Gasteiger charge is -2.22. The van der Waals surface area contributed by atoms with E-state index >= 15 is 0 Å². The fraction of sp³-hybridized carbons (Fsp3) is 0.148. The molecule has 37 heavy (non-hydrogen) atoms. The lowest BCUT2D eigenvalue weighted by atomic mass is 10.0. The number of carbonyl (C=O) groups excluding carboxylic acids is 2. The zero-order valence-corrected chi connectivity index (χ0v) is 21.4. The second kappa shape index (κ2) is 9.06. The van der Waals surface area contributed by atoms with Gasteiger partial charge in [-0.25, -0.2) is 4.98 Å². The van der Waals surface area contributed by atoms with Gasteiger partial charge in [0.15, 0.2) is 28.0 Å². The van der Waals surface area contributed by atoms with Crippen LogP contribution in [0.25, 0.3) is 21.2 Å². The van der Waals surface area contributed by atoms with Crippen LogP contribution < -0.4 is 14.4 Å². The smallest absolute Gasteiger partial charge is 0.296 e. The number of aliphatic hydroxyl groups is 1. The van der Waals surface area contributed by atoms with E-state index < -0.39 is 23.5 Å². The van der Waals surface area contributed by atoms with Gasteiger partial charge in [-0.05, 0) is 48.7 Å². The first-order valence-corrected chi connectivity index (χ1v) is 13.1. The van der Waals surface area contributed by atoms with Crippen molar-refractivity contribution in [1.29, 1.82) is 0 Å². The Hall–Kier alpha value is -4.15. The number of para-hydroxylation sites is 1. The van der Waals surface area contributed by atoms with Gasteiger partial charge >= 0.3 is 0 Å². The molecule has 0 spiro atoms. The molecule has 186 valence electrons. The minimum absolute atomic E-state index is 0.00270. The Kier molecular flexibility index (Phi) is 5.69. The van der Waals surface area contributed by atoms with Crippen molar-refractivity contribution in [3.05, 3.63) is 81.9 Å². The van der Waals surface area contributed by atoms with Crippen molar-refractivity contribution >= 4 is 60.7 Å². The molecule has 8 nitrogen and oxygen atoms in total. The van der Waals surface area contributed by atoms with Gasteiger partial charge in [-0.1, -0.05) is 29.5 Å². The van der Waals surface area contributed by atoms with Crippen molar-refractivity contribution in [3.63, 3.8) is 0 Å². The third-order valence-corrected chi connectivity index (χ3v) is 8.03. The fourth-order valence-electron chi connectivity index (χ4n) is 4.44. The van der Waals surface area contributed by atoms with Gasteiger partial charge in [0.25, 0.3) is 5.91 Å². The highest BCUT2D eigenvalue weighted by Crippen LogP contribution is 2.46. The van der Waals surface area contributed by atoms with Crippen LogP contribution in [0.3, 0.4) is 0 Å². The molecule has 0 bridgehead atoms. The van der Waals surface area contributed by atoms with Gasteiger partial charge in [-0.3, -0.25) is 14.5 Å². The highest BCUT2D eigenvalue weighted by Gasteiger charge is 2.47. The van der Waals surface area contributed by atoms with Crippen LogP contribution in [0.5, 0.6) is 11.5 Å². The van der Waals surface area contributed by atoms with Gasteiger partial charge in [0, 0.05) is 10.3 Å². The maximum absolute atomic E-state index is 13.8. The molecule has 2 aromatic carbocycles. The molecule has 1 N–H and O–H groups in total. The number of benzene rings is 2. The number of thiophene rings is 1. The van der Waals surface area contributed by atoms with Crippen LogP contribution in [0.4, 0.5) is 5.13 Å². The van der Waals surface area contributed by atoms with Crippen LogP contribution in [0.1, 0.15) is 28.4 Å². The molecule has 0 saturated heterocycles. The Labute approximate surface area is 219 Å². The first-order chi connectivity index (χ1) is 18.0. The monoisotopic (exact) mass is 532 g/mol. The summed E-state index contributed by atoms with van der Waals surface area (Å²) in [6.45, 7) is 2.43. The van der Waals surface area contributed by atoms with Crippen molar-refractivity contribution in [2.24, 2.45) is 0 Å². The van der Waals surface area contributed by atoms with E-state index in [1.165, 1.54) is 34.7 Å².